The van der Waals surface area contributed by atoms with E-state index in [1.54, 1.807) is 28.8 Å². The number of aliphatic hydroxyl groups excluding tert-OH is 1. The van der Waals surface area contributed by atoms with Crippen molar-refractivity contribution in [2.45, 2.75) is 54.9 Å². The van der Waals surface area contributed by atoms with Gasteiger partial charge >= 0.3 is 0 Å². The molecule has 0 saturated heterocycles. The van der Waals surface area contributed by atoms with Crippen molar-refractivity contribution in [3.05, 3.63) is 77.1 Å². The highest BCUT2D eigenvalue weighted by molar-refractivity contribution is 7.89. The molecule has 0 spiro atoms. The van der Waals surface area contributed by atoms with E-state index in [-0.39, 0.29) is 17.1 Å². The Morgan fingerprint density at radius 2 is 1.85 bits per heavy atom. The quantitative estimate of drug-likeness (QED) is 0.283. The molecule has 2 aliphatic carbocycles. The Morgan fingerprint density at radius 3 is 2.54 bits per heavy atom. The average Bonchev–Trinajstić information content (AvgIpc) is 3.52. The molecule has 4 aromatic rings. The smallest absolute Gasteiger partial charge is 0.261 e. The highest BCUT2D eigenvalue weighted by Gasteiger charge is 2.37. The minimum atomic E-state index is -3.91. The zero-order chi connectivity index (χ0) is 27.2. The zero-order valence-corrected chi connectivity index (χ0v) is 22.7. The number of aromatic nitrogens is 3. The molecule has 0 atom stereocenters. The largest absolute Gasteiger partial charge is 0.394 e. The highest BCUT2D eigenvalue weighted by Crippen LogP contribution is 2.41. The van der Waals surface area contributed by atoms with Gasteiger partial charge in [0.25, 0.3) is 5.91 Å². The number of carbonyl (C=O) groups is 1. The Balaban J connectivity index is 1.30. The summed E-state index contributed by atoms with van der Waals surface area (Å²) < 4.78 is 30.7. The van der Waals surface area contributed by atoms with Gasteiger partial charge in [-0.3, -0.25) is 4.79 Å². The van der Waals surface area contributed by atoms with Gasteiger partial charge in [0, 0.05) is 27.9 Å². The Kier molecular flexibility index (Phi) is 6.66. The van der Waals surface area contributed by atoms with Gasteiger partial charge in [0.05, 0.1) is 28.9 Å². The number of anilines is 1. The first kappa shape index (κ1) is 25.9. The summed E-state index contributed by atoms with van der Waals surface area (Å²) in [5.41, 5.74) is 2.78. The molecule has 39 heavy (non-hydrogen) atoms. The van der Waals surface area contributed by atoms with E-state index in [4.69, 9.17) is 16.6 Å². The summed E-state index contributed by atoms with van der Waals surface area (Å²) in [4.78, 5) is 18.2. The van der Waals surface area contributed by atoms with Crippen LogP contribution in [0.5, 0.6) is 0 Å². The Morgan fingerprint density at radius 1 is 1.10 bits per heavy atom. The van der Waals surface area contributed by atoms with Crippen LogP contribution < -0.4 is 10.0 Å². The number of aliphatic hydroxyl groups is 1. The summed E-state index contributed by atoms with van der Waals surface area (Å²) in [5.74, 6) is -0.0912. The fraction of sp³-hybridized carbons (Fsp3) is 0.321. The number of hydrogen-bond acceptors (Lipinski definition) is 6. The van der Waals surface area contributed by atoms with E-state index < -0.39 is 21.5 Å². The third-order valence-electron chi connectivity index (χ3n) is 7.50. The van der Waals surface area contributed by atoms with Crippen LogP contribution in [-0.4, -0.2) is 46.2 Å². The molecule has 2 saturated carbocycles. The van der Waals surface area contributed by atoms with Gasteiger partial charge in [-0.25, -0.2) is 22.6 Å². The van der Waals surface area contributed by atoms with Gasteiger partial charge in [0.15, 0.2) is 5.65 Å². The van der Waals surface area contributed by atoms with Gasteiger partial charge in [-0.15, -0.1) is 0 Å². The molecule has 0 bridgehead atoms. The molecule has 2 heterocycles. The van der Waals surface area contributed by atoms with Crippen molar-refractivity contribution in [1.82, 2.24) is 19.3 Å². The summed E-state index contributed by atoms with van der Waals surface area (Å²) in [7, 11) is -3.91. The first-order valence-corrected chi connectivity index (χ1v) is 14.8. The number of amides is 1. The molecule has 3 N–H and O–H groups in total. The maximum absolute atomic E-state index is 13.4. The summed E-state index contributed by atoms with van der Waals surface area (Å²) in [6.07, 6.45) is 6.47. The molecular weight excluding hydrogens is 538 g/mol. The van der Waals surface area contributed by atoms with E-state index in [1.165, 1.54) is 18.3 Å². The monoisotopic (exact) mass is 565 g/mol. The fourth-order valence-corrected chi connectivity index (χ4v) is 6.83. The Hall–Kier alpha value is -3.31. The molecule has 6 rings (SSSR count). The van der Waals surface area contributed by atoms with Gasteiger partial charge in [-0.2, -0.15) is 5.10 Å². The number of rotatable bonds is 8. The van der Waals surface area contributed by atoms with Gasteiger partial charge in [0.2, 0.25) is 10.0 Å². The maximum Gasteiger partial charge on any atom is 0.261 e. The van der Waals surface area contributed by atoms with Gasteiger partial charge in [0.1, 0.15) is 5.56 Å². The fourth-order valence-electron chi connectivity index (χ4n) is 5.21. The van der Waals surface area contributed by atoms with Crippen LogP contribution in [0.3, 0.4) is 0 Å². The molecule has 11 heteroatoms. The van der Waals surface area contributed by atoms with Crippen molar-refractivity contribution in [1.29, 1.82) is 0 Å². The predicted octanol–water partition coefficient (Wildman–Crippen LogP) is 4.76. The number of nitrogens with zero attached hydrogens (tertiary/aromatic N) is 3. The molecule has 1 amide bonds. The molecule has 2 aromatic heterocycles. The van der Waals surface area contributed by atoms with Crippen molar-refractivity contribution in [3.8, 4) is 11.3 Å². The molecule has 0 radical (unpaired) electrons. The molecule has 0 aliphatic heterocycles. The number of hydrogen-bond donors (Lipinski definition) is 3. The molecule has 2 aliphatic rings. The molecule has 9 nitrogen and oxygen atoms in total. The van der Waals surface area contributed by atoms with Gasteiger partial charge in [-0.1, -0.05) is 42.6 Å². The Bertz CT molecular complexity index is 1660. The first-order chi connectivity index (χ1) is 18.8. The molecular formula is C28H28ClN5O4S. The van der Waals surface area contributed by atoms with Crippen LogP contribution in [0.1, 0.15) is 60.5 Å². The summed E-state index contributed by atoms with van der Waals surface area (Å²) in [6.45, 7) is -0.259. The minimum Gasteiger partial charge on any atom is -0.394 e. The van der Waals surface area contributed by atoms with Gasteiger partial charge in [-0.05, 0) is 62.1 Å². The maximum atomic E-state index is 13.4. The van der Waals surface area contributed by atoms with E-state index in [1.807, 2.05) is 18.2 Å². The second-order valence-electron chi connectivity index (χ2n) is 10.4. The van der Waals surface area contributed by atoms with Crippen molar-refractivity contribution in [3.63, 3.8) is 0 Å². The number of halogens is 1. The van der Waals surface area contributed by atoms with Gasteiger partial charge < -0.3 is 10.4 Å². The number of carbonyl (C=O) groups excluding carboxylic acids is 1. The zero-order valence-electron chi connectivity index (χ0n) is 21.1. The van der Waals surface area contributed by atoms with E-state index >= 15 is 0 Å². The van der Waals surface area contributed by atoms with Crippen molar-refractivity contribution < 1.29 is 18.3 Å². The van der Waals surface area contributed by atoms with E-state index in [9.17, 15) is 18.3 Å². The third kappa shape index (κ3) is 5.17. The number of nitrogens with one attached hydrogen (secondary N) is 2. The normalized spacial score (nSPS) is 17.0. The SMILES string of the molecule is O=C(Nc1cccc(S(=O)(=O)NC2(CO)CCCC2)c1)c1cnn2c(C3CC3)cc(-c3ccc(Cl)cc3)nc12. The van der Waals surface area contributed by atoms with Crippen LogP contribution in [0.15, 0.2) is 65.7 Å². The van der Waals surface area contributed by atoms with Crippen molar-refractivity contribution >= 4 is 38.9 Å². The summed E-state index contributed by atoms with van der Waals surface area (Å²) >= 11 is 6.07. The number of sulfonamides is 1. The minimum absolute atomic E-state index is 0.0130. The molecule has 2 fully saturated rings. The lowest BCUT2D eigenvalue weighted by Crippen LogP contribution is -2.49. The molecule has 0 unspecified atom stereocenters. The second kappa shape index (κ2) is 10.0. The third-order valence-corrected chi connectivity index (χ3v) is 9.32. The Labute approximate surface area is 231 Å². The van der Waals surface area contributed by atoms with Crippen LogP contribution in [-0.2, 0) is 10.0 Å². The van der Waals surface area contributed by atoms with E-state index in [0.29, 0.717) is 35.1 Å². The molecule has 202 valence electrons. The van der Waals surface area contributed by atoms with E-state index in [2.05, 4.69) is 15.1 Å². The second-order valence-corrected chi connectivity index (χ2v) is 12.5. The lowest BCUT2D eigenvalue weighted by Gasteiger charge is -2.27. The van der Waals surface area contributed by atoms with E-state index in [0.717, 1.165) is 42.6 Å². The van der Waals surface area contributed by atoms with Crippen LogP contribution in [0.2, 0.25) is 5.02 Å². The number of benzene rings is 2. The summed E-state index contributed by atoms with van der Waals surface area (Å²) in [6, 6.07) is 15.5. The van der Waals surface area contributed by atoms with Crippen LogP contribution >= 0.6 is 11.6 Å². The highest BCUT2D eigenvalue weighted by atomic mass is 35.5. The topological polar surface area (TPSA) is 126 Å². The lowest BCUT2D eigenvalue weighted by atomic mass is 10.0. The lowest BCUT2D eigenvalue weighted by molar-refractivity contribution is 0.102. The van der Waals surface area contributed by atoms with Crippen molar-refractivity contribution in [2.75, 3.05) is 11.9 Å². The first-order valence-electron chi connectivity index (χ1n) is 13.0. The van der Waals surface area contributed by atoms with Crippen LogP contribution in [0.4, 0.5) is 5.69 Å². The van der Waals surface area contributed by atoms with Crippen LogP contribution in [0, 0.1) is 0 Å². The molecule has 2 aromatic carbocycles. The van der Waals surface area contributed by atoms with Crippen molar-refractivity contribution in [2.24, 2.45) is 0 Å². The van der Waals surface area contributed by atoms with Crippen LogP contribution in [0.25, 0.3) is 16.9 Å². The summed E-state index contributed by atoms with van der Waals surface area (Å²) in [5, 5.41) is 17.7. The average molecular weight is 566 g/mol. The predicted molar refractivity (Wildman–Crippen MR) is 148 cm³/mol. The number of fused-ring (bicyclic) bond motifs is 1. The standard InChI is InChI=1S/C28H28ClN5O4S/c29-20-10-8-18(9-11-20)24-15-25(19-6-7-19)34-26(32-24)23(16-30-34)27(36)31-21-4-3-5-22(14-21)39(37,38)33-28(17-35)12-1-2-13-28/h3-5,8-11,14-16,19,33,35H,1-2,6-7,12-13,17H2,(H,31,36).